The summed E-state index contributed by atoms with van der Waals surface area (Å²) in [6.07, 6.45) is 4.43. The number of carbonyl (C=O) groups is 1. The second-order valence-electron chi connectivity index (χ2n) is 4.76. The van der Waals surface area contributed by atoms with Gasteiger partial charge in [0.1, 0.15) is 29.9 Å². The van der Waals surface area contributed by atoms with Crippen LogP contribution in [0.15, 0.2) is 59.7 Å². The van der Waals surface area contributed by atoms with E-state index in [4.69, 9.17) is 4.42 Å². The molecule has 3 rings (SSSR count). The summed E-state index contributed by atoms with van der Waals surface area (Å²) >= 11 is 0. The molecule has 0 fully saturated rings. The predicted molar refractivity (Wildman–Crippen MR) is 83.2 cm³/mol. The highest BCUT2D eigenvalue weighted by molar-refractivity contribution is 6.03. The van der Waals surface area contributed by atoms with Crippen molar-refractivity contribution in [3.63, 3.8) is 0 Å². The van der Waals surface area contributed by atoms with Gasteiger partial charge in [-0.25, -0.2) is 14.4 Å². The summed E-state index contributed by atoms with van der Waals surface area (Å²) in [6.45, 7) is 0. The summed E-state index contributed by atoms with van der Waals surface area (Å²) in [5.41, 5.74) is 1.49. The fourth-order valence-electron chi connectivity index (χ4n) is 1.96. The number of carbonyl (C=O) groups excluding carboxylic acids is 1. The van der Waals surface area contributed by atoms with E-state index in [0.717, 1.165) is 5.69 Å². The van der Waals surface area contributed by atoms with Gasteiger partial charge in [0.15, 0.2) is 0 Å². The monoisotopic (exact) mass is 312 g/mol. The maximum atomic E-state index is 12.9. The summed E-state index contributed by atoms with van der Waals surface area (Å²) in [7, 11) is 1.80. The molecular weight excluding hydrogens is 299 g/mol. The third-order valence-corrected chi connectivity index (χ3v) is 3.22. The molecule has 116 valence electrons. The van der Waals surface area contributed by atoms with Crippen molar-refractivity contribution in [2.45, 2.75) is 0 Å². The van der Waals surface area contributed by atoms with E-state index in [9.17, 15) is 9.18 Å². The Morgan fingerprint density at radius 1 is 1.22 bits per heavy atom. The first kappa shape index (κ1) is 14.7. The van der Waals surface area contributed by atoms with Crippen LogP contribution in [0.25, 0.3) is 0 Å². The Morgan fingerprint density at radius 3 is 2.70 bits per heavy atom. The first-order chi connectivity index (χ1) is 11.1. The van der Waals surface area contributed by atoms with Crippen molar-refractivity contribution in [2.75, 3.05) is 17.3 Å². The van der Waals surface area contributed by atoms with Gasteiger partial charge in [-0.05, 0) is 24.3 Å². The van der Waals surface area contributed by atoms with Gasteiger partial charge in [0.25, 0.3) is 5.91 Å². The van der Waals surface area contributed by atoms with Crippen LogP contribution in [0.2, 0.25) is 0 Å². The molecule has 0 atom stereocenters. The van der Waals surface area contributed by atoms with Crippen LogP contribution < -0.4 is 10.2 Å². The van der Waals surface area contributed by atoms with Crippen molar-refractivity contribution in [2.24, 2.45) is 0 Å². The molecule has 2 heterocycles. The second-order valence-corrected chi connectivity index (χ2v) is 4.76. The number of hydrogen-bond donors (Lipinski definition) is 1. The topological polar surface area (TPSA) is 71.3 Å². The Morgan fingerprint density at radius 2 is 2.00 bits per heavy atom. The largest absolute Gasteiger partial charge is 0.470 e. The van der Waals surface area contributed by atoms with E-state index < -0.39 is 5.91 Å². The van der Waals surface area contributed by atoms with Crippen LogP contribution in [-0.2, 0) is 0 Å². The van der Waals surface area contributed by atoms with Crippen molar-refractivity contribution < 1.29 is 13.6 Å². The summed E-state index contributed by atoms with van der Waals surface area (Å²) < 4.78 is 17.9. The molecule has 2 aromatic heterocycles. The average molecular weight is 312 g/mol. The molecule has 0 bridgehead atoms. The number of amides is 1. The van der Waals surface area contributed by atoms with Gasteiger partial charge in [-0.1, -0.05) is 0 Å². The number of halogens is 1. The van der Waals surface area contributed by atoms with Crippen LogP contribution in [0.4, 0.5) is 21.6 Å². The summed E-state index contributed by atoms with van der Waals surface area (Å²) in [4.78, 5) is 22.1. The maximum absolute atomic E-state index is 12.9. The zero-order valence-electron chi connectivity index (χ0n) is 12.2. The minimum atomic E-state index is -0.402. The standard InChI is InChI=1S/C16H13FN4O2/c1-21(13-6-7-23-9-13)15-8-14(18-10-19-15)16(22)20-12-4-2-11(17)3-5-12/h2-10H,1H3,(H,20,22). The molecule has 7 heteroatoms. The minimum Gasteiger partial charge on any atom is -0.470 e. The van der Waals surface area contributed by atoms with Gasteiger partial charge in [0.2, 0.25) is 0 Å². The van der Waals surface area contributed by atoms with Crippen molar-refractivity contribution >= 4 is 23.1 Å². The molecule has 0 saturated heterocycles. The van der Waals surface area contributed by atoms with Gasteiger partial charge in [-0.3, -0.25) is 4.79 Å². The van der Waals surface area contributed by atoms with Gasteiger partial charge in [0.05, 0.1) is 12.0 Å². The van der Waals surface area contributed by atoms with Crippen molar-refractivity contribution in [3.8, 4) is 0 Å². The number of hydrogen-bond acceptors (Lipinski definition) is 5. The Bertz CT molecular complexity index is 803. The van der Waals surface area contributed by atoms with Gasteiger partial charge in [0, 0.05) is 24.9 Å². The Hall–Kier alpha value is -3.22. The van der Waals surface area contributed by atoms with Gasteiger partial charge >= 0.3 is 0 Å². The lowest BCUT2D eigenvalue weighted by molar-refractivity contribution is 0.102. The molecule has 0 aliphatic heterocycles. The SMILES string of the molecule is CN(c1ccoc1)c1cc(C(=O)Nc2ccc(F)cc2)ncn1. The van der Waals surface area contributed by atoms with Crippen LogP contribution in [0.5, 0.6) is 0 Å². The van der Waals surface area contributed by atoms with Crippen molar-refractivity contribution in [3.05, 3.63) is 66.8 Å². The van der Waals surface area contributed by atoms with E-state index >= 15 is 0 Å². The summed E-state index contributed by atoms with van der Waals surface area (Å²) in [6, 6.07) is 8.84. The van der Waals surface area contributed by atoms with Crippen LogP contribution in [-0.4, -0.2) is 22.9 Å². The molecule has 0 radical (unpaired) electrons. The minimum absolute atomic E-state index is 0.203. The molecule has 0 unspecified atom stereocenters. The van der Waals surface area contributed by atoms with E-state index in [2.05, 4.69) is 15.3 Å². The van der Waals surface area contributed by atoms with Crippen LogP contribution in [0.1, 0.15) is 10.5 Å². The second kappa shape index (κ2) is 6.27. The number of nitrogens with one attached hydrogen (secondary N) is 1. The fourth-order valence-corrected chi connectivity index (χ4v) is 1.96. The molecule has 1 amide bonds. The number of nitrogens with zero attached hydrogens (tertiary/aromatic N) is 3. The van der Waals surface area contributed by atoms with Gasteiger partial charge in [-0.15, -0.1) is 0 Å². The molecule has 23 heavy (non-hydrogen) atoms. The normalized spacial score (nSPS) is 10.3. The number of aromatic nitrogens is 2. The third kappa shape index (κ3) is 3.34. The first-order valence-electron chi connectivity index (χ1n) is 6.78. The number of benzene rings is 1. The smallest absolute Gasteiger partial charge is 0.274 e. The zero-order valence-corrected chi connectivity index (χ0v) is 12.2. The lowest BCUT2D eigenvalue weighted by atomic mass is 10.3. The molecule has 3 aromatic rings. The van der Waals surface area contributed by atoms with E-state index in [1.807, 2.05) is 0 Å². The van der Waals surface area contributed by atoms with E-state index in [1.54, 1.807) is 36.6 Å². The molecule has 0 saturated carbocycles. The molecule has 6 nitrogen and oxygen atoms in total. The third-order valence-electron chi connectivity index (χ3n) is 3.22. The van der Waals surface area contributed by atoms with Crippen LogP contribution in [0.3, 0.4) is 0 Å². The number of anilines is 3. The highest BCUT2D eigenvalue weighted by Gasteiger charge is 2.12. The molecule has 0 aliphatic rings. The highest BCUT2D eigenvalue weighted by atomic mass is 19.1. The highest BCUT2D eigenvalue weighted by Crippen LogP contribution is 2.22. The van der Waals surface area contributed by atoms with Crippen LogP contribution in [0, 0.1) is 5.82 Å². The van der Waals surface area contributed by atoms with Gasteiger partial charge in [-0.2, -0.15) is 0 Å². The van der Waals surface area contributed by atoms with E-state index in [1.165, 1.54) is 30.6 Å². The molecule has 0 aliphatic carbocycles. The quantitative estimate of drug-likeness (QED) is 0.801. The first-order valence-corrected chi connectivity index (χ1v) is 6.78. The number of furan rings is 1. The average Bonchev–Trinajstić information content (AvgIpc) is 3.11. The molecule has 0 spiro atoms. The Kier molecular flexibility index (Phi) is 4.01. The van der Waals surface area contributed by atoms with Crippen LogP contribution >= 0.6 is 0 Å². The molecular formula is C16H13FN4O2. The van der Waals surface area contributed by atoms with E-state index in [-0.39, 0.29) is 11.5 Å². The summed E-state index contributed by atoms with van der Waals surface area (Å²) in [5, 5.41) is 2.65. The fraction of sp³-hybridized carbons (Fsp3) is 0.0625. The van der Waals surface area contributed by atoms with Crippen molar-refractivity contribution in [1.82, 2.24) is 9.97 Å². The summed E-state index contributed by atoms with van der Waals surface area (Å²) in [5.74, 6) is -0.222. The molecule has 1 N–H and O–H groups in total. The lowest BCUT2D eigenvalue weighted by Crippen LogP contribution is -2.16. The van der Waals surface area contributed by atoms with Crippen molar-refractivity contribution in [1.29, 1.82) is 0 Å². The zero-order chi connectivity index (χ0) is 16.2. The van der Waals surface area contributed by atoms with Gasteiger partial charge < -0.3 is 14.6 Å². The predicted octanol–water partition coefficient (Wildman–Crippen LogP) is 3.23. The molecule has 1 aromatic carbocycles. The Labute approximate surface area is 131 Å². The maximum Gasteiger partial charge on any atom is 0.274 e. The Balaban J connectivity index is 1.79. The number of rotatable bonds is 4. The van der Waals surface area contributed by atoms with E-state index in [0.29, 0.717) is 11.5 Å². The lowest BCUT2D eigenvalue weighted by Gasteiger charge is -2.15.